The third kappa shape index (κ3) is 5.26. The van der Waals surface area contributed by atoms with Crippen LogP contribution in [0.1, 0.15) is 39.5 Å². The summed E-state index contributed by atoms with van der Waals surface area (Å²) in [7, 11) is 0. The highest BCUT2D eigenvalue weighted by Crippen LogP contribution is 2.34. The third-order valence-corrected chi connectivity index (χ3v) is 3.14. The Balaban J connectivity index is 4.27. The highest BCUT2D eigenvalue weighted by molar-refractivity contribution is 5.33. The molecule has 0 unspecified atom stereocenters. The summed E-state index contributed by atoms with van der Waals surface area (Å²) in [5, 5.41) is 0. The molecule has 0 saturated heterocycles. The molecule has 0 spiro atoms. The lowest BCUT2D eigenvalue weighted by atomic mass is 9.76. The summed E-state index contributed by atoms with van der Waals surface area (Å²) in [5.74, 6) is 0. The Labute approximate surface area is 90.5 Å². The number of aliphatic imine (C=N–C) groups is 2. The first-order valence-corrected chi connectivity index (χ1v) is 5.32. The molecule has 0 aliphatic rings. The number of isocyanates is 2. The SMILES string of the molecule is CCC(CC)(CCN=C=O)CCN=C=O. The molecule has 4 nitrogen and oxygen atoms in total. The van der Waals surface area contributed by atoms with Crippen molar-refractivity contribution in [2.75, 3.05) is 13.1 Å². The van der Waals surface area contributed by atoms with Crippen molar-refractivity contribution in [2.24, 2.45) is 15.4 Å². The Hall–Kier alpha value is -1.24. The van der Waals surface area contributed by atoms with E-state index in [9.17, 15) is 9.59 Å². The van der Waals surface area contributed by atoms with Gasteiger partial charge in [-0.3, -0.25) is 0 Å². The summed E-state index contributed by atoms with van der Waals surface area (Å²) in [6, 6.07) is 0. The first kappa shape index (κ1) is 13.8. The molecule has 0 aromatic rings. The quantitative estimate of drug-likeness (QED) is 0.455. The Morgan fingerprint density at radius 2 is 1.33 bits per heavy atom. The zero-order chi connectivity index (χ0) is 11.6. The first-order valence-electron chi connectivity index (χ1n) is 5.32. The van der Waals surface area contributed by atoms with Gasteiger partial charge < -0.3 is 0 Å². The number of hydrogen-bond acceptors (Lipinski definition) is 4. The molecule has 4 heteroatoms. The van der Waals surface area contributed by atoms with Gasteiger partial charge in [0.25, 0.3) is 0 Å². The molecule has 0 radical (unpaired) electrons. The van der Waals surface area contributed by atoms with E-state index >= 15 is 0 Å². The second-order valence-corrected chi connectivity index (χ2v) is 3.65. The van der Waals surface area contributed by atoms with Gasteiger partial charge in [-0.15, -0.1) is 0 Å². The van der Waals surface area contributed by atoms with Crippen LogP contribution in [0.3, 0.4) is 0 Å². The minimum atomic E-state index is 0.140. The van der Waals surface area contributed by atoms with Crippen LogP contribution in [0.15, 0.2) is 9.98 Å². The van der Waals surface area contributed by atoms with E-state index in [-0.39, 0.29) is 5.41 Å². The van der Waals surface area contributed by atoms with Crippen LogP contribution in [0.4, 0.5) is 0 Å². The fraction of sp³-hybridized carbons (Fsp3) is 0.818. The number of rotatable bonds is 8. The van der Waals surface area contributed by atoms with Crippen LogP contribution in [0.5, 0.6) is 0 Å². The highest BCUT2D eigenvalue weighted by atomic mass is 16.1. The van der Waals surface area contributed by atoms with Crippen molar-refractivity contribution < 1.29 is 9.59 Å². The van der Waals surface area contributed by atoms with Crippen molar-refractivity contribution in [3.63, 3.8) is 0 Å². The summed E-state index contributed by atoms with van der Waals surface area (Å²) in [4.78, 5) is 27.1. The molecule has 0 atom stereocenters. The summed E-state index contributed by atoms with van der Waals surface area (Å²) < 4.78 is 0. The van der Waals surface area contributed by atoms with E-state index < -0.39 is 0 Å². The zero-order valence-electron chi connectivity index (χ0n) is 9.45. The van der Waals surface area contributed by atoms with E-state index in [4.69, 9.17) is 0 Å². The van der Waals surface area contributed by atoms with E-state index in [2.05, 4.69) is 23.8 Å². The summed E-state index contributed by atoms with van der Waals surface area (Å²) in [5.41, 5.74) is 0.140. The fourth-order valence-electron chi connectivity index (χ4n) is 1.76. The van der Waals surface area contributed by atoms with E-state index in [1.54, 1.807) is 12.2 Å². The highest BCUT2D eigenvalue weighted by Gasteiger charge is 2.24. The summed E-state index contributed by atoms with van der Waals surface area (Å²) in [6.07, 6.45) is 6.80. The molecule has 0 N–H and O–H groups in total. The average molecular weight is 210 g/mol. The molecular weight excluding hydrogens is 192 g/mol. The number of carbonyl (C=O) groups excluding carboxylic acids is 2. The maximum absolute atomic E-state index is 9.97. The molecule has 0 aromatic heterocycles. The normalized spacial score (nSPS) is 10.3. The van der Waals surface area contributed by atoms with Crippen LogP contribution in [-0.2, 0) is 9.59 Å². The van der Waals surface area contributed by atoms with Crippen molar-refractivity contribution in [3.8, 4) is 0 Å². The number of nitrogens with zero attached hydrogens (tertiary/aromatic N) is 2. The molecule has 0 rings (SSSR count). The molecule has 15 heavy (non-hydrogen) atoms. The largest absolute Gasteiger partial charge is 0.234 e. The number of hydrogen-bond donors (Lipinski definition) is 0. The van der Waals surface area contributed by atoms with Gasteiger partial charge in [0.1, 0.15) is 0 Å². The van der Waals surface area contributed by atoms with Gasteiger partial charge in [-0.2, -0.15) is 0 Å². The van der Waals surface area contributed by atoms with Crippen molar-refractivity contribution in [1.82, 2.24) is 0 Å². The van der Waals surface area contributed by atoms with Crippen molar-refractivity contribution in [3.05, 3.63) is 0 Å². The molecule has 0 bridgehead atoms. The zero-order valence-corrected chi connectivity index (χ0v) is 9.45. The minimum absolute atomic E-state index is 0.140. The standard InChI is InChI=1S/C11H18N2O2/c1-3-11(4-2,5-7-12-9-14)6-8-13-10-15/h3-8H2,1-2H3. The molecule has 0 heterocycles. The molecule has 0 fully saturated rings. The smallest absolute Gasteiger partial charge is 0.211 e. The second-order valence-electron chi connectivity index (χ2n) is 3.65. The Morgan fingerprint density at radius 3 is 1.60 bits per heavy atom. The van der Waals surface area contributed by atoms with Crippen LogP contribution >= 0.6 is 0 Å². The average Bonchev–Trinajstić information content (AvgIpc) is 2.28. The van der Waals surface area contributed by atoms with Crippen LogP contribution in [0.2, 0.25) is 0 Å². The molecular formula is C11H18N2O2. The molecule has 0 aliphatic heterocycles. The van der Waals surface area contributed by atoms with Gasteiger partial charge in [0, 0.05) is 0 Å². The lowest BCUT2D eigenvalue weighted by Crippen LogP contribution is -2.21. The third-order valence-electron chi connectivity index (χ3n) is 3.14. The summed E-state index contributed by atoms with van der Waals surface area (Å²) >= 11 is 0. The molecule has 0 saturated carbocycles. The van der Waals surface area contributed by atoms with Crippen LogP contribution in [0, 0.1) is 5.41 Å². The van der Waals surface area contributed by atoms with Gasteiger partial charge >= 0.3 is 0 Å². The second kappa shape index (κ2) is 8.10. The van der Waals surface area contributed by atoms with Gasteiger partial charge in [0.2, 0.25) is 12.2 Å². The Morgan fingerprint density at radius 1 is 0.933 bits per heavy atom. The maximum Gasteiger partial charge on any atom is 0.234 e. The predicted octanol–water partition coefficient (Wildman–Crippen LogP) is 2.24. The Bertz CT molecular complexity index is 236. The van der Waals surface area contributed by atoms with Crippen LogP contribution in [-0.4, -0.2) is 25.2 Å². The lowest BCUT2D eigenvalue weighted by molar-refractivity contribution is 0.227. The predicted molar refractivity (Wildman–Crippen MR) is 58.2 cm³/mol. The summed E-state index contributed by atoms with van der Waals surface area (Å²) in [6.45, 7) is 5.24. The van der Waals surface area contributed by atoms with Gasteiger partial charge in [0.05, 0.1) is 13.1 Å². The van der Waals surface area contributed by atoms with Crippen molar-refractivity contribution >= 4 is 12.2 Å². The molecule has 0 aromatic carbocycles. The molecule has 0 aliphatic carbocycles. The van der Waals surface area contributed by atoms with E-state index in [0.29, 0.717) is 13.1 Å². The van der Waals surface area contributed by atoms with E-state index in [1.165, 1.54) is 0 Å². The topological polar surface area (TPSA) is 58.9 Å². The van der Waals surface area contributed by atoms with E-state index in [1.807, 2.05) is 0 Å². The van der Waals surface area contributed by atoms with Crippen molar-refractivity contribution in [2.45, 2.75) is 39.5 Å². The van der Waals surface area contributed by atoms with Gasteiger partial charge in [-0.05, 0) is 18.3 Å². The van der Waals surface area contributed by atoms with Gasteiger partial charge in [-0.1, -0.05) is 26.7 Å². The first-order chi connectivity index (χ1) is 7.24. The van der Waals surface area contributed by atoms with Gasteiger partial charge in [0.15, 0.2) is 0 Å². The lowest BCUT2D eigenvalue weighted by Gasteiger charge is -2.30. The van der Waals surface area contributed by atoms with Crippen LogP contribution in [0.25, 0.3) is 0 Å². The Kier molecular flexibility index (Phi) is 7.43. The monoisotopic (exact) mass is 210 g/mol. The van der Waals surface area contributed by atoms with E-state index in [0.717, 1.165) is 25.7 Å². The van der Waals surface area contributed by atoms with Gasteiger partial charge in [-0.25, -0.2) is 19.6 Å². The minimum Gasteiger partial charge on any atom is -0.211 e. The molecule has 0 amide bonds. The van der Waals surface area contributed by atoms with Crippen molar-refractivity contribution in [1.29, 1.82) is 0 Å². The molecule has 84 valence electrons. The maximum atomic E-state index is 9.97. The van der Waals surface area contributed by atoms with Crippen LogP contribution < -0.4 is 0 Å². The fourth-order valence-corrected chi connectivity index (χ4v) is 1.76.